The largest absolute Gasteiger partial charge is 0.455 e. The van der Waals surface area contributed by atoms with Gasteiger partial charge in [-0.05, 0) is 0 Å². The van der Waals surface area contributed by atoms with Crippen LogP contribution in [-0.2, 0) is 19.7 Å². The summed E-state index contributed by atoms with van der Waals surface area (Å²) in [6.45, 7) is -5.14. The molecule has 0 fully saturated rings. The van der Waals surface area contributed by atoms with Gasteiger partial charge in [0.2, 0.25) is 0 Å². The Hall–Kier alpha value is -0.630. The molecule has 14 heteroatoms. The quantitative estimate of drug-likeness (QED) is 0.694. The maximum atomic E-state index is 12.2. The number of hydrogen-bond acceptors (Lipinski definition) is 3. The second-order valence-electron chi connectivity index (χ2n) is 3.13. The summed E-state index contributed by atoms with van der Waals surface area (Å²) in [6, 6.07) is 0. The monoisotopic (exact) mass is 346 g/mol. The van der Waals surface area contributed by atoms with E-state index < -0.39 is 48.8 Å². The Bertz CT molecular complexity index is 316. The number of hydrogen-bond donors (Lipinski definition) is 0. The third-order valence-corrected chi connectivity index (χ3v) is 2.12. The molecule has 0 heterocycles. The van der Waals surface area contributed by atoms with Crippen LogP contribution in [0.4, 0.5) is 43.9 Å². The van der Waals surface area contributed by atoms with E-state index in [1.54, 1.807) is 0 Å². The highest BCUT2D eigenvalue weighted by molar-refractivity contribution is 7.75. The second-order valence-corrected chi connectivity index (χ2v) is 4.01. The maximum absolute atomic E-state index is 12.2. The van der Waals surface area contributed by atoms with Crippen LogP contribution < -0.4 is 0 Å². The summed E-state index contributed by atoms with van der Waals surface area (Å²) < 4.78 is 135. The molecule has 0 spiro atoms. The van der Waals surface area contributed by atoms with E-state index in [-0.39, 0.29) is 0 Å². The summed E-state index contributed by atoms with van der Waals surface area (Å²) in [6.07, 6.45) is -12.2. The summed E-state index contributed by atoms with van der Waals surface area (Å²) >= 11 is -3.64. The molecule has 0 aromatic heterocycles. The zero-order valence-corrected chi connectivity index (χ0v) is 9.64. The first-order chi connectivity index (χ1) is 8.60. The van der Waals surface area contributed by atoms with Gasteiger partial charge in [-0.15, -0.1) is 0 Å². The molecule has 0 amide bonds. The van der Waals surface area contributed by atoms with Gasteiger partial charge in [0.15, 0.2) is 0 Å². The lowest BCUT2D eigenvalue weighted by Gasteiger charge is -2.20. The van der Waals surface area contributed by atoms with Crippen molar-refractivity contribution >= 4 is 11.4 Å². The van der Waals surface area contributed by atoms with Gasteiger partial charge in [0.25, 0.3) is 0 Å². The summed E-state index contributed by atoms with van der Waals surface area (Å²) in [5.41, 5.74) is 0. The van der Waals surface area contributed by atoms with E-state index >= 15 is 0 Å². The molecule has 0 saturated heterocycles. The third-order valence-electron chi connectivity index (χ3n) is 1.50. The van der Waals surface area contributed by atoms with Crippen LogP contribution in [0.1, 0.15) is 0 Å². The summed E-state index contributed by atoms with van der Waals surface area (Å²) in [7, 11) is 0. The Morgan fingerprint density at radius 3 is 1.10 bits per heavy atom. The lowest BCUT2D eigenvalue weighted by molar-refractivity contribution is -0.292. The molecule has 0 saturated carbocycles. The van der Waals surface area contributed by atoms with Crippen molar-refractivity contribution in [1.29, 1.82) is 0 Å². The van der Waals surface area contributed by atoms with Crippen molar-refractivity contribution in [2.24, 2.45) is 0 Å². The molecule has 0 N–H and O–H groups in total. The van der Waals surface area contributed by atoms with Crippen molar-refractivity contribution in [3.63, 3.8) is 0 Å². The smallest absolute Gasteiger partial charge is 0.262 e. The molecule has 0 radical (unpaired) electrons. The van der Waals surface area contributed by atoms with Crippen molar-refractivity contribution in [3.05, 3.63) is 0 Å². The predicted octanol–water partition coefficient (Wildman–Crippen LogP) is 2.99. The average molecular weight is 346 g/mol. The van der Waals surface area contributed by atoms with Crippen LogP contribution in [0.5, 0.6) is 0 Å². The second kappa shape index (κ2) is 6.01. The molecular weight excluding hydrogens is 342 g/mol. The van der Waals surface area contributed by atoms with Crippen LogP contribution in [0, 0.1) is 0 Å². The summed E-state index contributed by atoms with van der Waals surface area (Å²) in [4.78, 5) is 0. The van der Waals surface area contributed by atoms with E-state index in [0.717, 1.165) is 0 Å². The highest BCUT2D eigenvalue weighted by Crippen LogP contribution is 2.37. The van der Waals surface area contributed by atoms with E-state index in [2.05, 4.69) is 8.37 Å². The van der Waals surface area contributed by atoms with Crippen LogP contribution >= 0.6 is 0 Å². The zero-order valence-electron chi connectivity index (χ0n) is 8.83. The standard InChI is InChI=1S/C6H4F10O3S/c7-3(8,5(11,12)13)1-18-20(17)19-2-4(9,10)6(14,15)16/h1-2H2. The summed E-state index contributed by atoms with van der Waals surface area (Å²) in [5, 5.41) is 0. The first-order valence-corrected chi connectivity index (χ1v) is 5.17. The van der Waals surface area contributed by atoms with Crippen LogP contribution in [0.15, 0.2) is 0 Å². The Morgan fingerprint density at radius 2 is 0.900 bits per heavy atom. The zero-order chi connectivity index (χ0) is 16.4. The molecule has 0 aromatic rings. The fourth-order valence-electron chi connectivity index (χ4n) is 0.442. The van der Waals surface area contributed by atoms with Gasteiger partial charge in [-0.2, -0.15) is 48.1 Å². The lowest BCUT2D eigenvalue weighted by atomic mass is 10.3. The minimum absolute atomic E-state index is 2.57. The maximum Gasteiger partial charge on any atom is 0.455 e. The fraction of sp³-hybridized carbons (Fsp3) is 1.00. The molecule has 0 aliphatic heterocycles. The first-order valence-electron chi connectivity index (χ1n) is 4.17. The predicted molar refractivity (Wildman–Crippen MR) is 42.1 cm³/mol. The Kier molecular flexibility index (Phi) is 5.82. The molecule has 0 aliphatic carbocycles. The minimum atomic E-state index is -6.08. The SMILES string of the molecule is O=S(OCC(F)(F)C(F)(F)F)OCC(F)(F)C(F)(F)F. The lowest BCUT2D eigenvalue weighted by Crippen LogP contribution is -2.42. The topological polar surface area (TPSA) is 35.5 Å². The Morgan fingerprint density at radius 1 is 0.650 bits per heavy atom. The van der Waals surface area contributed by atoms with E-state index in [0.29, 0.717) is 0 Å². The fourth-order valence-corrected chi connectivity index (χ4v) is 0.998. The van der Waals surface area contributed by atoms with E-state index in [1.165, 1.54) is 0 Å². The average Bonchev–Trinajstić information content (AvgIpc) is 2.20. The number of alkyl halides is 10. The van der Waals surface area contributed by atoms with Crippen LogP contribution in [-0.4, -0.2) is 41.6 Å². The van der Waals surface area contributed by atoms with Gasteiger partial charge < -0.3 is 0 Å². The Balaban J connectivity index is 4.35. The molecule has 122 valence electrons. The summed E-state index contributed by atoms with van der Waals surface area (Å²) in [5.74, 6) is -10.9. The van der Waals surface area contributed by atoms with Gasteiger partial charge in [0, 0.05) is 0 Å². The molecule has 0 unspecified atom stereocenters. The molecule has 20 heavy (non-hydrogen) atoms. The Labute approximate surface area is 106 Å². The van der Waals surface area contributed by atoms with Gasteiger partial charge in [-0.1, -0.05) is 0 Å². The molecule has 0 atom stereocenters. The van der Waals surface area contributed by atoms with Gasteiger partial charge in [0.1, 0.15) is 13.2 Å². The van der Waals surface area contributed by atoms with Gasteiger partial charge in [-0.25, -0.2) is 0 Å². The number of halogens is 10. The highest BCUT2D eigenvalue weighted by Gasteiger charge is 2.59. The normalized spacial score (nSPS) is 14.9. The minimum Gasteiger partial charge on any atom is -0.262 e. The molecule has 0 aromatic carbocycles. The van der Waals surface area contributed by atoms with Crippen LogP contribution in [0.2, 0.25) is 0 Å². The third kappa shape index (κ3) is 5.40. The number of rotatable bonds is 6. The van der Waals surface area contributed by atoms with Crippen molar-refractivity contribution in [2.75, 3.05) is 13.2 Å². The van der Waals surface area contributed by atoms with Crippen LogP contribution in [0.25, 0.3) is 0 Å². The highest BCUT2D eigenvalue weighted by atomic mass is 32.2. The van der Waals surface area contributed by atoms with Crippen molar-refractivity contribution in [3.8, 4) is 0 Å². The van der Waals surface area contributed by atoms with Gasteiger partial charge in [-0.3, -0.25) is 8.37 Å². The van der Waals surface area contributed by atoms with Crippen molar-refractivity contribution in [1.82, 2.24) is 0 Å². The molecule has 3 nitrogen and oxygen atoms in total. The van der Waals surface area contributed by atoms with Crippen LogP contribution in [0.3, 0.4) is 0 Å². The van der Waals surface area contributed by atoms with Crippen molar-refractivity contribution in [2.45, 2.75) is 24.2 Å². The van der Waals surface area contributed by atoms with E-state index in [4.69, 9.17) is 0 Å². The molecular formula is C6H4F10O3S. The molecule has 0 bridgehead atoms. The van der Waals surface area contributed by atoms with E-state index in [1.807, 2.05) is 0 Å². The first kappa shape index (κ1) is 19.4. The van der Waals surface area contributed by atoms with Gasteiger partial charge >= 0.3 is 35.6 Å². The van der Waals surface area contributed by atoms with Gasteiger partial charge in [0.05, 0.1) is 0 Å². The molecule has 0 rings (SSSR count). The van der Waals surface area contributed by atoms with Crippen molar-refractivity contribution < 1.29 is 56.5 Å². The van der Waals surface area contributed by atoms with E-state index in [9.17, 15) is 48.1 Å². The molecule has 0 aliphatic rings.